The van der Waals surface area contributed by atoms with Gasteiger partial charge in [-0.25, -0.2) is 9.97 Å². The smallest absolute Gasteiger partial charge is 0.220 e. The molecule has 3 rings (SSSR count). The summed E-state index contributed by atoms with van der Waals surface area (Å²) >= 11 is 0. The van der Waals surface area contributed by atoms with Crippen LogP contribution in [0.2, 0.25) is 0 Å². The maximum absolute atomic E-state index is 11.7. The van der Waals surface area contributed by atoms with E-state index in [1.54, 1.807) is 18.5 Å². The SMILES string of the molecule is CS(=O)c1nc(N2CCS(=O)CC2)c2ncccc2n1. The van der Waals surface area contributed by atoms with Gasteiger partial charge in [-0.05, 0) is 12.1 Å². The van der Waals surface area contributed by atoms with Crippen LogP contribution in [0.4, 0.5) is 5.82 Å². The summed E-state index contributed by atoms with van der Waals surface area (Å²) in [5.74, 6) is 1.95. The summed E-state index contributed by atoms with van der Waals surface area (Å²) in [4.78, 5) is 15.1. The van der Waals surface area contributed by atoms with Gasteiger partial charge < -0.3 is 4.90 Å². The lowest BCUT2D eigenvalue weighted by Gasteiger charge is -2.27. The van der Waals surface area contributed by atoms with Gasteiger partial charge in [0.15, 0.2) is 5.82 Å². The molecule has 2 aromatic heterocycles. The van der Waals surface area contributed by atoms with Crippen LogP contribution in [-0.4, -0.2) is 54.2 Å². The van der Waals surface area contributed by atoms with Crippen molar-refractivity contribution in [3.05, 3.63) is 18.3 Å². The van der Waals surface area contributed by atoms with E-state index in [2.05, 4.69) is 19.9 Å². The number of rotatable bonds is 2. The number of nitrogens with zero attached hydrogens (tertiary/aromatic N) is 4. The summed E-state index contributed by atoms with van der Waals surface area (Å²) in [5, 5.41) is 0.312. The van der Waals surface area contributed by atoms with Crippen molar-refractivity contribution >= 4 is 38.5 Å². The molecule has 0 amide bonds. The third kappa shape index (κ3) is 2.57. The quantitative estimate of drug-likeness (QED) is 0.744. The summed E-state index contributed by atoms with van der Waals surface area (Å²) < 4.78 is 23.1. The number of pyridine rings is 1. The summed E-state index contributed by atoms with van der Waals surface area (Å²) in [7, 11) is -1.99. The number of hydrogen-bond donors (Lipinski definition) is 0. The van der Waals surface area contributed by atoms with Gasteiger partial charge in [0.2, 0.25) is 5.16 Å². The molecule has 1 atom stereocenters. The van der Waals surface area contributed by atoms with Crippen LogP contribution in [0.1, 0.15) is 0 Å². The number of aromatic nitrogens is 3. The number of hydrogen-bond acceptors (Lipinski definition) is 6. The van der Waals surface area contributed by atoms with Crippen LogP contribution in [0, 0.1) is 0 Å². The van der Waals surface area contributed by atoms with Crippen LogP contribution >= 0.6 is 0 Å². The molecular formula is C12H14N4O2S2. The predicted octanol–water partition coefficient (Wildman–Crippen LogP) is 0.331. The summed E-state index contributed by atoms with van der Waals surface area (Å²) in [6, 6.07) is 3.64. The molecule has 1 aliphatic rings. The molecule has 0 spiro atoms. The topological polar surface area (TPSA) is 76.1 Å². The van der Waals surface area contributed by atoms with Crippen LogP contribution in [0.3, 0.4) is 0 Å². The standard InChI is InChI=1S/C12H14N4O2S2/c1-19(17)12-14-9-3-2-4-13-10(9)11(15-12)16-5-7-20(18)8-6-16/h2-4H,5-8H2,1H3. The molecule has 6 nitrogen and oxygen atoms in total. The van der Waals surface area contributed by atoms with Gasteiger partial charge in [0.1, 0.15) is 5.52 Å². The minimum absolute atomic E-state index is 0.312. The molecule has 3 heterocycles. The van der Waals surface area contributed by atoms with E-state index in [0.717, 1.165) is 0 Å². The Bertz CT molecular complexity index is 697. The van der Waals surface area contributed by atoms with E-state index in [4.69, 9.17) is 0 Å². The molecule has 1 unspecified atom stereocenters. The zero-order valence-corrected chi connectivity index (χ0v) is 12.6. The number of anilines is 1. The van der Waals surface area contributed by atoms with E-state index in [1.807, 2.05) is 6.07 Å². The van der Waals surface area contributed by atoms with E-state index in [9.17, 15) is 8.42 Å². The lowest BCUT2D eigenvalue weighted by atomic mass is 10.3. The monoisotopic (exact) mass is 310 g/mol. The zero-order valence-electron chi connectivity index (χ0n) is 11.0. The van der Waals surface area contributed by atoms with Crippen molar-refractivity contribution in [2.24, 2.45) is 0 Å². The lowest BCUT2D eigenvalue weighted by Crippen LogP contribution is -2.38. The highest BCUT2D eigenvalue weighted by Gasteiger charge is 2.21. The second kappa shape index (κ2) is 5.53. The molecule has 8 heteroatoms. The van der Waals surface area contributed by atoms with Gasteiger partial charge in [-0.2, -0.15) is 0 Å². The Morgan fingerprint density at radius 1 is 1.30 bits per heavy atom. The first-order chi connectivity index (χ1) is 9.65. The van der Waals surface area contributed by atoms with Gasteiger partial charge in [0.25, 0.3) is 0 Å². The fraction of sp³-hybridized carbons (Fsp3) is 0.417. The normalized spacial score (nSPS) is 18.4. The molecule has 106 valence electrons. The average Bonchev–Trinajstić information content (AvgIpc) is 2.47. The highest BCUT2D eigenvalue weighted by Crippen LogP contribution is 2.23. The molecule has 0 aromatic carbocycles. The molecule has 2 aromatic rings. The Morgan fingerprint density at radius 2 is 2.05 bits per heavy atom. The van der Waals surface area contributed by atoms with Gasteiger partial charge in [0.05, 0.1) is 16.3 Å². The van der Waals surface area contributed by atoms with E-state index in [1.165, 1.54) is 0 Å². The highest BCUT2D eigenvalue weighted by molar-refractivity contribution is 7.85. The fourth-order valence-electron chi connectivity index (χ4n) is 2.13. The molecule has 0 bridgehead atoms. The van der Waals surface area contributed by atoms with Gasteiger partial charge in [-0.3, -0.25) is 13.4 Å². The van der Waals surface area contributed by atoms with Crippen LogP contribution in [-0.2, 0) is 21.6 Å². The van der Waals surface area contributed by atoms with Crippen molar-refractivity contribution in [3.8, 4) is 0 Å². The van der Waals surface area contributed by atoms with E-state index in [-0.39, 0.29) is 0 Å². The molecule has 1 saturated heterocycles. The van der Waals surface area contributed by atoms with Gasteiger partial charge in [0, 0.05) is 47.8 Å². The Morgan fingerprint density at radius 3 is 2.75 bits per heavy atom. The molecule has 0 N–H and O–H groups in total. The predicted molar refractivity (Wildman–Crippen MR) is 79.8 cm³/mol. The van der Waals surface area contributed by atoms with Crippen LogP contribution in [0.5, 0.6) is 0 Å². The molecule has 20 heavy (non-hydrogen) atoms. The molecule has 1 fully saturated rings. The Balaban J connectivity index is 2.12. The first-order valence-electron chi connectivity index (χ1n) is 6.21. The van der Waals surface area contributed by atoms with Gasteiger partial charge >= 0.3 is 0 Å². The van der Waals surface area contributed by atoms with Crippen molar-refractivity contribution in [1.29, 1.82) is 0 Å². The van der Waals surface area contributed by atoms with Crippen molar-refractivity contribution in [2.75, 3.05) is 35.8 Å². The van der Waals surface area contributed by atoms with Crippen molar-refractivity contribution in [3.63, 3.8) is 0 Å². The second-order valence-corrected chi connectivity index (χ2v) is 7.46. The van der Waals surface area contributed by atoms with Crippen LogP contribution in [0.25, 0.3) is 11.0 Å². The molecule has 0 radical (unpaired) electrons. The maximum Gasteiger partial charge on any atom is 0.220 e. The Kier molecular flexibility index (Phi) is 3.75. The second-order valence-electron chi connectivity index (χ2n) is 4.49. The first-order valence-corrected chi connectivity index (χ1v) is 9.26. The Hall–Kier alpha value is -1.41. The lowest BCUT2D eigenvalue weighted by molar-refractivity contribution is 0.670. The third-order valence-corrected chi connectivity index (χ3v) is 5.12. The Labute approximate surface area is 121 Å². The van der Waals surface area contributed by atoms with E-state index < -0.39 is 21.6 Å². The van der Waals surface area contributed by atoms with Crippen LogP contribution < -0.4 is 4.90 Å². The van der Waals surface area contributed by atoms with Crippen LogP contribution in [0.15, 0.2) is 23.5 Å². The van der Waals surface area contributed by atoms with Gasteiger partial charge in [-0.1, -0.05) is 0 Å². The van der Waals surface area contributed by atoms with Gasteiger partial charge in [-0.15, -0.1) is 0 Å². The van der Waals surface area contributed by atoms with Crippen molar-refractivity contribution in [1.82, 2.24) is 15.0 Å². The summed E-state index contributed by atoms with van der Waals surface area (Å²) in [5.41, 5.74) is 1.39. The largest absolute Gasteiger partial charge is 0.353 e. The fourth-order valence-corrected chi connectivity index (χ4v) is 3.62. The maximum atomic E-state index is 11.7. The molecule has 0 aliphatic carbocycles. The average molecular weight is 310 g/mol. The highest BCUT2D eigenvalue weighted by atomic mass is 32.2. The van der Waals surface area contributed by atoms with E-state index >= 15 is 0 Å². The molecule has 0 saturated carbocycles. The zero-order chi connectivity index (χ0) is 14.1. The van der Waals surface area contributed by atoms with E-state index in [0.29, 0.717) is 46.6 Å². The third-order valence-electron chi connectivity index (χ3n) is 3.15. The minimum atomic E-state index is -1.24. The summed E-state index contributed by atoms with van der Waals surface area (Å²) in [6.07, 6.45) is 3.26. The molecule has 1 aliphatic heterocycles. The molecular weight excluding hydrogens is 296 g/mol. The van der Waals surface area contributed by atoms with Crippen molar-refractivity contribution < 1.29 is 8.42 Å². The van der Waals surface area contributed by atoms with Crippen molar-refractivity contribution in [2.45, 2.75) is 5.16 Å². The first kappa shape index (κ1) is 13.6. The number of fused-ring (bicyclic) bond motifs is 1. The minimum Gasteiger partial charge on any atom is -0.353 e. The summed E-state index contributed by atoms with van der Waals surface area (Å²) in [6.45, 7) is 1.34.